The van der Waals surface area contributed by atoms with Crippen LogP contribution in [-0.4, -0.2) is 48.4 Å². The number of fused-ring (bicyclic) bond motifs is 1. The number of carbonyl (C=O) groups excluding carboxylic acids is 1. The van der Waals surface area contributed by atoms with E-state index in [1.54, 1.807) is 12.0 Å². The Morgan fingerprint density at radius 2 is 2.03 bits per heavy atom. The first-order valence-electron chi connectivity index (χ1n) is 11.1. The molecule has 0 bridgehead atoms. The number of ether oxygens (including phenoxy) is 2. The first kappa shape index (κ1) is 21.7. The number of nitrogens with zero attached hydrogens (tertiary/aromatic N) is 3. The van der Waals surface area contributed by atoms with Gasteiger partial charge in [0.05, 0.1) is 18.3 Å². The van der Waals surface area contributed by atoms with Gasteiger partial charge in [0, 0.05) is 35.1 Å². The van der Waals surface area contributed by atoms with Crippen LogP contribution in [0.25, 0.3) is 10.9 Å². The summed E-state index contributed by atoms with van der Waals surface area (Å²) in [6.45, 7) is 4.23. The SMILES string of the molecule is COc1cc2ncnc(Nc3cccc(Cl)c3C)c2cc1N1CCC2(CCNCC2)OC1=O. The number of benzene rings is 2. The van der Waals surface area contributed by atoms with E-state index in [0.717, 1.165) is 49.0 Å². The number of nitrogens with one attached hydrogen (secondary N) is 2. The van der Waals surface area contributed by atoms with E-state index >= 15 is 0 Å². The second-order valence-electron chi connectivity index (χ2n) is 8.50. The van der Waals surface area contributed by atoms with Gasteiger partial charge in [0.1, 0.15) is 23.5 Å². The fourth-order valence-electron chi connectivity index (χ4n) is 4.57. The van der Waals surface area contributed by atoms with Crippen molar-refractivity contribution in [3.8, 4) is 5.75 Å². The Morgan fingerprint density at radius 1 is 1.21 bits per heavy atom. The van der Waals surface area contributed by atoms with Crippen LogP contribution in [0.2, 0.25) is 5.02 Å². The van der Waals surface area contributed by atoms with Gasteiger partial charge in [0.25, 0.3) is 0 Å². The second-order valence-corrected chi connectivity index (χ2v) is 8.91. The third-order valence-electron chi connectivity index (χ3n) is 6.58. The molecule has 33 heavy (non-hydrogen) atoms. The molecule has 2 N–H and O–H groups in total. The van der Waals surface area contributed by atoms with Crippen LogP contribution in [0.1, 0.15) is 24.8 Å². The van der Waals surface area contributed by atoms with Crippen LogP contribution in [-0.2, 0) is 4.74 Å². The summed E-state index contributed by atoms with van der Waals surface area (Å²) >= 11 is 6.29. The molecule has 1 amide bonds. The number of hydrogen-bond acceptors (Lipinski definition) is 7. The van der Waals surface area contributed by atoms with Gasteiger partial charge in [0.15, 0.2) is 0 Å². The van der Waals surface area contributed by atoms with Gasteiger partial charge in [-0.05, 0) is 56.6 Å². The molecule has 2 aromatic carbocycles. The molecule has 2 fully saturated rings. The lowest BCUT2D eigenvalue weighted by Gasteiger charge is -2.43. The fraction of sp³-hybridized carbons (Fsp3) is 0.375. The lowest BCUT2D eigenvalue weighted by atomic mass is 9.87. The zero-order valence-electron chi connectivity index (χ0n) is 18.7. The van der Waals surface area contributed by atoms with Gasteiger partial charge in [0.2, 0.25) is 0 Å². The first-order chi connectivity index (χ1) is 16.0. The summed E-state index contributed by atoms with van der Waals surface area (Å²) in [5.41, 5.74) is 2.74. The molecule has 1 aromatic heterocycles. The Kier molecular flexibility index (Phi) is 5.72. The van der Waals surface area contributed by atoms with E-state index in [1.165, 1.54) is 6.33 Å². The molecular weight excluding hydrogens is 442 g/mol. The molecule has 1 spiro atoms. The van der Waals surface area contributed by atoms with Crippen LogP contribution in [0, 0.1) is 6.92 Å². The van der Waals surface area contributed by atoms with Crippen molar-refractivity contribution in [2.45, 2.75) is 31.8 Å². The number of rotatable bonds is 4. The van der Waals surface area contributed by atoms with Gasteiger partial charge in [-0.15, -0.1) is 0 Å². The standard InChI is InChI=1S/C24H26ClN5O3/c1-15-17(25)4-3-5-18(15)29-22-16-12-20(21(32-2)13-19(16)27-14-28-22)30-11-8-24(33-23(30)31)6-9-26-10-7-24/h3-5,12-14,26H,6-11H2,1-2H3,(H,27,28,29). The molecule has 0 radical (unpaired) electrons. The van der Waals surface area contributed by atoms with Gasteiger partial charge in [-0.3, -0.25) is 4.90 Å². The van der Waals surface area contributed by atoms with Crippen molar-refractivity contribution < 1.29 is 14.3 Å². The van der Waals surface area contributed by atoms with Gasteiger partial charge >= 0.3 is 6.09 Å². The van der Waals surface area contributed by atoms with Crippen molar-refractivity contribution in [3.05, 3.63) is 47.2 Å². The van der Waals surface area contributed by atoms with Crippen molar-refractivity contribution >= 4 is 45.8 Å². The molecule has 2 aliphatic rings. The smallest absolute Gasteiger partial charge is 0.414 e. The van der Waals surface area contributed by atoms with Gasteiger partial charge in [-0.1, -0.05) is 17.7 Å². The molecular formula is C24H26ClN5O3. The molecule has 8 nitrogen and oxygen atoms in total. The Bertz CT molecular complexity index is 1210. The van der Waals surface area contributed by atoms with E-state index in [-0.39, 0.29) is 11.7 Å². The zero-order chi connectivity index (χ0) is 23.0. The minimum atomic E-state index is -0.372. The second kappa shape index (κ2) is 8.68. The first-order valence-corrected chi connectivity index (χ1v) is 11.4. The quantitative estimate of drug-likeness (QED) is 0.569. The number of amides is 1. The van der Waals surface area contributed by atoms with Crippen LogP contribution in [0.15, 0.2) is 36.7 Å². The molecule has 3 aromatic rings. The third kappa shape index (κ3) is 4.05. The molecule has 9 heteroatoms. The molecule has 3 heterocycles. The summed E-state index contributed by atoms with van der Waals surface area (Å²) in [5.74, 6) is 1.18. The van der Waals surface area contributed by atoms with Crippen LogP contribution >= 0.6 is 11.6 Å². The molecule has 5 rings (SSSR count). The van der Waals surface area contributed by atoms with E-state index < -0.39 is 0 Å². The Labute approximate surface area is 197 Å². The number of halogens is 1. The van der Waals surface area contributed by atoms with E-state index in [0.29, 0.717) is 34.3 Å². The maximum Gasteiger partial charge on any atom is 0.414 e. The van der Waals surface area contributed by atoms with Crippen molar-refractivity contribution in [1.82, 2.24) is 15.3 Å². The zero-order valence-corrected chi connectivity index (χ0v) is 19.4. The van der Waals surface area contributed by atoms with Gasteiger partial charge < -0.3 is 20.1 Å². The average molecular weight is 468 g/mol. The molecule has 0 atom stereocenters. The van der Waals surface area contributed by atoms with Crippen molar-refractivity contribution in [2.75, 3.05) is 37.0 Å². The summed E-state index contributed by atoms with van der Waals surface area (Å²) in [6.07, 6.45) is 3.60. The van der Waals surface area contributed by atoms with Crippen LogP contribution in [0.3, 0.4) is 0 Å². The van der Waals surface area contributed by atoms with Crippen molar-refractivity contribution in [3.63, 3.8) is 0 Å². The van der Waals surface area contributed by atoms with E-state index in [2.05, 4.69) is 20.6 Å². The molecule has 2 saturated heterocycles. The Balaban J connectivity index is 1.52. The number of hydrogen-bond donors (Lipinski definition) is 2. The predicted octanol–water partition coefficient (Wildman–Crippen LogP) is 4.81. The summed E-state index contributed by atoms with van der Waals surface area (Å²) in [7, 11) is 1.59. The van der Waals surface area contributed by atoms with Crippen LogP contribution in [0.5, 0.6) is 5.75 Å². The Morgan fingerprint density at radius 3 is 2.79 bits per heavy atom. The maximum atomic E-state index is 13.1. The lowest BCUT2D eigenvalue weighted by Crippen LogP contribution is -2.54. The predicted molar refractivity (Wildman–Crippen MR) is 129 cm³/mol. The van der Waals surface area contributed by atoms with Crippen molar-refractivity contribution in [1.29, 1.82) is 0 Å². The maximum absolute atomic E-state index is 13.1. The number of carbonyl (C=O) groups is 1. The highest BCUT2D eigenvalue weighted by atomic mass is 35.5. The summed E-state index contributed by atoms with van der Waals surface area (Å²) in [6, 6.07) is 9.39. The molecule has 0 saturated carbocycles. The number of anilines is 3. The highest BCUT2D eigenvalue weighted by Gasteiger charge is 2.42. The molecule has 2 aliphatic heterocycles. The van der Waals surface area contributed by atoms with E-state index in [4.69, 9.17) is 21.1 Å². The number of aromatic nitrogens is 2. The van der Waals surface area contributed by atoms with Gasteiger partial charge in [-0.2, -0.15) is 0 Å². The van der Waals surface area contributed by atoms with Crippen molar-refractivity contribution in [2.24, 2.45) is 0 Å². The number of piperidine rings is 1. The van der Waals surface area contributed by atoms with E-state index in [9.17, 15) is 4.79 Å². The molecule has 172 valence electrons. The minimum Gasteiger partial charge on any atom is -0.494 e. The normalized spacial score (nSPS) is 17.8. The third-order valence-corrected chi connectivity index (χ3v) is 6.99. The van der Waals surface area contributed by atoms with E-state index in [1.807, 2.05) is 37.3 Å². The largest absolute Gasteiger partial charge is 0.494 e. The van der Waals surface area contributed by atoms with Gasteiger partial charge in [-0.25, -0.2) is 14.8 Å². The van der Waals surface area contributed by atoms with Crippen LogP contribution in [0.4, 0.5) is 22.0 Å². The minimum absolute atomic E-state index is 0.349. The fourth-order valence-corrected chi connectivity index (χ4v) is 4.74. The monoisotopic (exact) mass is 467 g/mol. The highest BCUT2D eigenvalue weighted by molar-refractivity contribution is 6.31. The number of methoxy groups -OCH3 is 1. The summed E-state index contributed by atoms with van der Waals surface area (Å²) < 4.78 is 11.6. The Hall–Kier alpha value is -3.10. The van der Waals surface area contributed by atoms with Crippen LogP contribution < -0.4 is 20.3 Å². The summed E-state index contributed by atoms with van der Waals surface area (Å²) in [4.78, 5) is 23.6. The molecule has 0 aliphatic carbocycles. The average Bonchev–Trinajstić information content (AvgIpc) is 2.82. The lowest BCUT2D eigenvalue weighted by molar-refractivity contribution is -0.0262. The summed E-state index contributed by atoms with van der Waals surface area (Å²) in [5, 5.41) is 8.13. The topological polar surface area (TPSA) is 88.6 Å². The highest BCUT2D eigenvalue weighted by Crippen LogP contribution is 2.40. The molecule has 0 unspecified atom stereocenters.